The summed E-state index contributed by atoms with van der Waals surface area (Å²) in [5, 5.41) is 16.0. The van der Waals surface area contributed by atoms with Crippen LogP contribution in [-0.2, 0) is 0 Å². The second-order valence-electron chi connectivity index (χ2n) is 4.38. The highest BCUT2D eigenvalue weighted by Gasteiger charge is 2.16. The molecule has 0 bridgehead atoms. The first-order valence-corrected chi connectivity index (χ1v) is 6.92. The predicted octanol–water partition coefficient (Wildman–Crippen LogP) is 2.73. The van der Waals surface area contributed by atoms with Gasteiger partial charge >= 0.3 is 0 Å². The van der Waals surface area contributed by atoms with Gasteiger partial charge in [-0.2, -0.15) is 0 Å². The maximum absolute atomic E-state index is 12.2. The molecule has 2 aromatic rings. The molecular weight excluding hydrogens is 318 g/mol. The number of nitro benzene ring substituents is 1. The summed E-state index contributed by atoms with van der Waals surface area (Å²) >= 11 is 5.03. The van der Waals surface area contributed by atoms with Crippen LogP contribution in [0, 0.1) is 10.1 Å². The molecule has 23 heavy (non-hydrogen) atoms. The fourth-order valence-electron chi connectivity index (χ4n) is 1.89. The number of rotatable bonds is 4. The molecule has 0 fully saturated rings. The van der Waals surface area contributed by atoms with Crippen LogP contribution in [-0.4, -0.2) is 23.1 Å². The molecule has 7 nitrogen and oxygen atoms in total. The van der Waals surface area contributed by atoms with Gasteiger partial charge in [-0.1, -0.05) is 24.3 Å². The number of para-hydroxylation sites is 3. The van der Waals surface area contributed by atoms with Crippen molar-refractivity contribution in [1.82, 2.24) is 5.32 Å². The van der Waals surface area contributed by atoms with Crippen molar-refractivity contribution in [3.8, 4) is 5.75 Å². The largest absolute Gasteiger partial charge is 0.496 e. The smallest absolute Gasteiger partial charge is 0.292 e. The van der Waals surface area contributed by atoms with Crippen LogP contribution in [0.5, 0.6) is 5.75 Å². The maximum atomic E-state index is 12.2. The number of carbonyl (C=O) groups excluding carboxylic acids is 1. The van der Waals surface area contributed by atoms with Crippen LogP contribution in [0.4, 0.5) is 11.4 Å². The minimum Gasteiger partial charge on any atom is -0.496 e. The number of nitrogens with zero attached hydrogens (tertiary/aromatic N) is 1. The summed E-state index contributed by atoms with van der Waals surface area (Å²) < 4.78 is 5.10. The highest BCUT2D eigenvalue weighted by Crippen LogP contribution is 2.23. The van der Waals surface area contributed by atoms with E-state index in [2.05, 4.69) is 10.6 Å². The summed E-state index contributed by atoms with van der Waals surface area (Å²) in [6.07, 6.45) is 0. The molecule has 0 aliphatic rings. The highest BCUT2D eigenvalue weighted by atomic mass is 32.1. The lowest BCUT2D eigenvalue weighted by molar-refractivity contribution is -0.383. The second-order valence-corrected chi connectivity index (χ2v) is 4.79. The topological polar surface area (TPSA) is 93.5 Å². The van der Waals surface area contributed by atoms with Gasteiger partial charge in [0, 0.05) is 6.07 Å². The van der Waals surface area contributed by atoms with E-state index < -0.39 is 10.8 Å². The Bertz CT molecular complexity index is 764. The Balaban J connectivity index is 2.11. The zero-order chi connectivity index (χ0) is 16.8. The van der Waals surface area contributed by atoms with E-state index in [0.717, 1.165) is 0 Å². The first-order valence-electron chi connectivity index (χ1n) is 6.51. The van der Waals surface area contributed by atoms with Crippen molar-refractivity contribution in [2.75, 3.05) is 12.4 Å². The van der Waals surface area contributed by atoms with Gasteiger partial charge in [-0.05, 0) is 30.4 Å². The van der Waals surface area contributed by atoms with Crippen molar-refractivity contribution < 1.29 is 14.5 Å². The van der Waals surface area contributed by atoms with Gasteiger partial charge in [0.05, 0.1) is 17.6 Å². The molecule has 2 rings (SSSR count). The van der Waals surface area contributed by atoms with Gasteiger partial charge in [0.25, 0.3) is 11.6 Å². The number of hydrogen-bond acceptors (Lipinski definition) is 5. The van der Waals surface area contributed by atoms with Crippen molar-refractivity contribution >= 4 is 34.6 Å². The summed E-state index contributed by atoms with van der Waals surface area (Å²) in [4.78, 5) is 22.6. The van der Waals surface area contributed by atoms with Gasteiger partial charge in [0.15, 0.2) is 5.11 Å². The molecule has 0 unspecified atom stereocenters. The third-order valence-electron chi connectivity index (χ3n) is 2.93. The van der Waals surface area contributed by atoms with Crippen LogP contribution in [0.25, 0.3) is 0 Å². The van der Waals surface area contributed by atoms with Gasteiger partial charge in [-0.15, -0.1) is 0 Å². The number of methoxy groups -OCH3 is 1. The molecule has 0 spiro atoms. The van der Waals surface area contributed by atoms with E-state index >= 15 is 0 Å². The number of carbonyl (C=O) groups is 1. The Hall–Kier alpha value is -3.00. The van der Waals surface area contributed by atoms with E-state index in [1.165, 1.54) is 19.2 Å². The van der Waals surface area contributed by atoms with E-state index in [9.17, 15) is 14.9 Å². The third kappa shape index (κ3) is 4.01. The number of thiocarbonyl (C=S) groups is 1. The molecule has 0 aliphatic carbocycles. The molecule has 1 amide bonds. The third-order valence-corrected chi connectivity index (χ3v) is 3.13. The first-order chi connectivity index (χ1) is 11.0. The van der Waals surface area contributed by atoms with Gasteiger partial charge in [-0.3, -0.25) is 20.2 Å². The predicted molar refractivity (Wildman–Crippen MR) is 89.8 cm³/mol. The number of anilines is 1. The summed E-state index contributed by atoms with van der Waals surface area (Å²) in [6.45, 7) is 0. The Kier molecular flexibility index (Phi) is 5.21. The minimum atomic E-state index is -0.535. The van der Waals surface area contributed by atoms with Crippen LogP contribution < -0.4 is 15.4 Å². The molecule has 0 aromatic heterocycles. The van der Waals surface area contributed by atoms with Crippen molar-refractivity contribution in [2.24, 2.45) is 0 Å². The van der Waals surface area contributed by atoms with Crippen molar-refractivity contribution in [2.45, 2.75) is 0 Å². The SMILES string of the molecule is COc1ccccc1C(=O)NC(=S)Nc1ccccc1[N+](=O)[O-]. The molecule has 2 aromatic carbocycles. The van der Waals surface area contributed by atoms with Crippen LogP contribution >= 0.6 is 12.2 Å². The zero-order valence-electron chi connectivity index (χ0n) is 12.1. The van der Waals surface area contributed by atoms with E-state index in [1.54, 1.807) is 36.4 Å². The van der Waals surface area contributed by atoms with Crippen molar-refractivity contribution in [1.29, 1.82) is 0 Å². The summed E-state index contributed by atoms with van der Waals surface area (Å²) in [7, 11) is 1.45. The Morgan fingerprint density at radius 3 is 2.52 bits per heavy atom. The minimum absolute atomic E-state index is 0.0461. The van der Waals surface area contributed by atoms with E-state index in [4.69, 9.17) is 17.0 Å². The average molecular weight is 331 g/mol. The molecule has 0 aliphatic heterocycles. The van der Waals surface area contributed by atoms with Gasteiger partial charge in [0.2, 0.25) is 0 Å². The Labute approximate surface area is 137 Å². The molecule has 0 saturated heterocycles. The number of amides is 1. The highest BCUT2D eigenvalue weighted by molar-refractivity contribution is 7.80. The fourth-order valence-corrected chi connectivity index (χ4v) is 2.10. The van der Waals surface area contributed by atoms with E-state index in [1.807, 2.05) is 0 Å². The van der Waals surface area contributed by atoms with Crippen LogP contribution in [0.3, 0.4) is 0 Å². The van der Waals surface area contributed by atoms with Crippen molar-refractivity contribution in [3.63, 3.8) is 0 Å². The van der Waals surface area contributed by atoms with Crippen LogP contribution in [0.2, 0.25) is 0 Å². The monoisotopic (exact) mass is 331 g/mol. The van der Waals surface area contributed by atoms with Crippen LogP contribution in [0.15, 0.2) is 48.5 Å². The first kappa shape index (κ1) is 16.4. The fraction of sp³-hybridized carbons (Fsp3) is 0.0667. The van der Waals surface area contributed by atoms with Gasteiger partial charge < -0.3 is 10.1 Å². The number of benzene rings is 2. The average Bonchev–Trinajstić information content (AvgIpc) is 2.54. The standard InChI is InChI=1S/C15H13N3O4S/c1-22-13-9-5-2-6-10(13)14(19)17-15(23)16-11-7-3-4-8-12(11)18(20)21/h2-9H,1H3,(H2,16,17,19,23). The number of nitro groups is 1. The summed E-state index contributed by atoms with van der Waals surface area (Å²) in [5.41, 5.74) is 0.367. The van der Waals surface area contributed by atoms with Crippen LogP contribution in [0.1, 0.15) is 10.4 Å². The molecule has 0 heterocycles. The van der Waals surface area contributed by atoms with E-state index in [0.29, 0.717) is 11.3 Å². The molecule has 0 atom stereocenters. The number of nitrogens with one attached hydrogen (secondary N) is 2. The molecule has 8 heteroatoms. The Morgan fingerprint density at radius 2 is 1.83 bits per heavy atom. The Morgan fingerprint density at radius 1 is 1.17 bits per heavy atom. The molecule has 0 saturated carbocycles. The van der Waals surface area contributed by atoms with Gasteiger partial charge in [-0.25, -0.2) is 0 Å². The maximum Gasteiger partial charge on any atom is 0.292 e. The van der Waals surface area contributed by atoms with Gasteiger partial charge in [0.1, 0.15) is 11.4 Å². The molecule has 0 radical (unpaired) electrons. The zero-order valence-corrected chi connectivity index (χ0v) is 12.9. The lowest BCUT2D eigenvalue weighted by Crippen LogP contribution is -2.34. The number of ether oxygens (including phenoxy) is 1. The normalized spacial score (nSPS) is 9.78. The molecular formula is C15H13N3O4S. The molecule has 2 N–H and O–H groups in total. The number of hydrogen-bond donors (Lipinski definition) is 2. The lowest BCUT2D eigenvalue weighted by atomic mass is 10.2. The van der Waals surface area contributed by atoms with E-state index in [-0.39, 0.29) is 16.5 Å². The lowest BCUT2D eigenvalue weighted by Gasteiger charge is -2.11. The summed E-state index contributed by atoms with van der Waals surface area (Å²) in [6, 6.07) is 12.7. The molecule has 118 valence electrons. The quantitative estimate of drug-likeness (QED) is 0.508. The van der Waals surface area contributed by atoms with Crippen molar-refractivity contribution in [3.05, 3.63) is 64.2 Å². The summed E-state index contributed by atoms with van der Waals surface area (Å²) in [5.74, 6) is -0.0722. The second kappa shape index (κ2) is 7.32.